The van der Waals surface area contributed by atoms with Crippen molar-refractivity contribution >= 4 is 35.2 Å². The van der Waals surface area contributed by atoms with Crippen LogP contribution in [-0.4, -0.2) is 24.8 Å². The molecule has 116 valence electrons. The van der Waals surface area contributed by atoms with Gasteiger partial charge in [0, 0.05) is 18.6 Å². The van der Waals surface area contributed by atoms with Gasteiger partial charge in [0.25, 0.3) is 0 Å². The number of nitrogens with zero attached hydrogens (tertiary/aromatic N) is 2. The van der Waals surface area contributed by atoms with Crippen molar-refractivity contribution in [1.29, 1.82) is 0 Å². The third-order valence-electron chi connectivity index (χ3n) is 3.52. The molecule has 0 aliphatic heterocycles. The first-order chi connectivity index (χ1) is 10.5. The molecule has 0 unspecified atom stereocenters. The number of aryl methyl sites for hydroxylation is 1. The molecule has 0 heterocycles. The van der Waals surface area contributed by atoms with Crippen LogP contribution in [0.4, 0.5) is 5.69 Å². The van der Waals surface area contributed by atoms with Gasteiger partial charge in [0.15, 0.2) is 0 Å². The number of aliphatic imine (C=N–C) groups is 1. The number of halogens is 2. The van der Waals surface area contributed by atoms with Crippen molar-refractivity contribution in [3.63, 3.8) is 0 Å². The van der Waals surface area contributed by atoms with Gasteiger partial charge >= 0.3 is 0 Å². The SMILES string of the molecule is CCN(C)C=Nc1cc(Cl)c(Cc2ccc(C)cc2)cc1Cl. The molecule has 0 aromatic heterocycles. The lowest BCUT2D eigenvalue weighted by Crippen LogP contribution is -2.14. The Balaban J connectivity index is 2.22. The molecule has 0 aliphatic rings. The molecule has 0 amide bonds. The zero-order chi connectivity index (χ0) is 16.1. The third-order valence-corrected chi connectivity index (χ3v) is 4.18. The molecule has 0 radical (unpaired) electrons. The predicted molar refractivity (Wildman–Crippen MR) is 96.9 cm³/mol. The van der Waals surface area contributed by atoms with E-state index < -0.39 is 0 Å². The molecule has 2 aromatic carbocycles. The van der Waals surface area contributed by atoms with E-state index in [2.05, 4.69) is 43.1 Å². The van der Waals surface area contributed by atoms with Crippen molar-refractivity contribution in [3.05, 3.63) is 63.1 Å². The highest BCUT2D eigenvalue weighted by Gasteiger charge is 2.08. The molecule has 2 aromatic rings. The van der Waals surface area contributed by atoms with Crippen molar-refractivity contribution in [3.8, 4) is 0 Å². The molecule has 0 atom stereocenters. The molecule has 0 N–H and O–H groups in total. The maximum atomic E-state index is 6.39. The molecule has 0 spiro atoms. The summed E-state index contributed by atoms with van der Waals surface area (Å²) < 4.78 is 0. The molecular weight excluding hydrogens is 315 g/mol. The minimum atomic E-state index is 0.618. The Hall–Kier alpha value is -1.51. The van der Waals surface area contributed by atoms with Gasteiger partial charge in [-0.2, -0.15) is 0 Å². The standard InChI is InChI=1S/C18H20Cl2N2/c1-4-22(3)12-21-18-11-16(19)15(10-17(18)20)9-14-7-5-13(2)6-8-14/h5-8,10-12H,4,9H2,1-3H3. The van der Waals surface area contributed by atoms with E-state index in [0.29, 0.717) is 15.7 Å². The molecule has 0 bridgehead atoms. The van der Waals surface area contributed by atoms with Gasteiger partial charge in [0.05, 0.1) is 17.0 Å². The normalized spacial score (nSPS) is 11.1. The molecule has 0 fully saturated rings. The molecule has 2 nitrogen and oxygen atoms in total. The van der Waals surface area contributed by atoms with Gasteiger partial charge in [-0.15, -0.1) is 0 Å². The second-order valence-electron chi connectivity index (χ2n) is 5.38. The van der Waals surface area contributed by atoms with E-state index in [1.54, 1.807) is 6.34 Å². The van der Waals surface area contributed by atoms with Gasteiger partial charge in [-0.25, -0.2) is 4.99 Å². The number of hydrogen-bond acceptors (Lipinski definition) is 1. The smallest absolute Gasteiger partial charge is 0.0910 e. The predicted octanol–water partition coefficient (Wildman–Crippen LogP) is 5.50. The molecule has 2 rings (SSSR count). The summed E-state index contributed by atoms with van der Waals surface area (Å²) in [6.45, 7) is 5.03. The maximum absolute atomic E-state index is 6.39. The van der Waals surface area contributed by atoms with Gasteiger partial charge < -0.3 is 4.90 Å². The zero-order valence-corrected chi connectivity index (χ0v) is 14.6. The molecule has 4 heteroatoms. The summed E-state index contributed by atoms with van der Waals surface area (Å²) in [5.41, 5.74) is 4.17. The van der Waals surface area contributed by atoms with Crippen LogP contribution in [0.3, 0.4) is 0 Å². The summed E-state index contributed by atoms with van der Waals surface area (Å²) >= 11 is 12.7. The van der Waals surface area contributed by atoms with E-state index in [0.717, 1.165) is 18.5 Å². The highest BCUT2D eigenvalue weighted by molar-refractivity contribution is 6.35. The van der Waals surface area contributed by atoms with Crippen LogP contribution in [0, 0.1) is 6.92 Å². The Morgan fingerprint density at radius 1 is 1.09 bits per heavy atom. The minimum absolute atomic E-state index is 0.618. The first-order valence-corrected chi connectivity index (χ1v) is 8.03. The Morgan fingerprint density at radius 3 is 2.41 bits per heavy atom. The van der Waals surface area contributed by atoms with Gasteiger partial charge in [-0.3, -0.25) is 0 Å². The Kier molecular flexibility index (Phi) is 5.87. The largest absolute Gasteiger partial charge is 0.366 e. The molecule has 0 saturated carbocycles. The lowest BCUT2D eigenvalue weighted by atomic mass is 10.0. The topological polar surface area (TPSA) is 15.6 Å². The van der Waals surface area contributed by atoms with E-state index in [1.807, 2.05) is 24.1 Å². The van der Waals surface area contributed by atoms with E-state index in [-0.39, 0.29) is 0 Å². The summed E-state index contributed by atoms with van der Waals surface area (Å²) in [4.78, 5) is 6.36. The fourth-order valence-electron chi connectivity index (χ4n) is 1.98. The van der Waals surface area contributed by atoms with Crippen LogP contribution in [0.5, 0.6) is 0 Å². The van der Waals surface area contributed by atoms with Crippen LogP contribution in [0.1, 0.15) is 23.6 Å². The average molecular weight is 335 g/mol. The van der Waals surface area contributed by atoms with Gasteiger partial charge in [-0.1, -0.05) is 53.0 Å². The monoisotopic (exact) mass is 334 g/mol. The van der Waals surface area contributed by atoms with Crippen molar-refractivity contribution < 1.29 is 0 Å². The molecule has 22 heavy (non-hydrogen) atoms. The fourth-order valence-corrected chi connectivity index (χ4v) is 2.44. The van der Waals surface area contributed by atoms with E-state index in [9.17, 15) is 0 Å². The Labute approximate surface area is 142 Å². The maximum Gasteiger partial charge on any atom is 0.0910 e. The molecular formula is C18H20Cl2N2. The van der Waals surface area contributed by atoms with Crippen molar-refractivity contribution in [2.75, 3.05) is 13.6 Å². The summed E-state index contributed by atoms with van der Waals surface area (Å²) in [6.07, 6.45) is 2.52. The first-order valence-electron chi connectivity index (χ1n) is 7.27. The second kappa shape index (κ2) is 7.66. The van der Waals surface area contributed by atoms with Crippen LogP contribution >= 0.6 is 23.2 Å². The molecule has 0 saturated heterocycles. The van der Waals surface area contributed by atoms with Crippen LogP contribution in [-0.2, 0) is 6.42 Å². The van der Waals surface area contributed by atoms with E-state index >= 15 is 0 Å². The summed E-state index contributed by atoms with van der Waals surface area (Å²) in [6, 6.07) is 12.2. The van der Waals surface area contributed by atoms with Gasteiger partial charge in [0.1, 0.15) is 0 Å². The molecule has 0 aliphatic carbocycles. The van der Waals surface area contributed by atoms with Crippen molar-refractivity contribution in [1.82, 2.24) is 4.90 Å². The summed E-state index contributed by atoms with van der Waals surface area (Å²) in [7, 11) is 1.96. The lowest BCUT2D eigenvalue weighted by Gasteiger charge is -2.10. The average Bonchev–Trinajstić information content (AvgIpc) is 2.51. The van der Waals surface area contributed by atoms with E-state index in [4.69, 9.17) is 23.2 Å². The number of rotatable bonds is 5. The second-order valence-corrected chi connectivity index (χ2v) is 6.19. The highest BCUT2D eigenvalue weighted by atomic mass is 35.5. The fraction of sp³-hybridized carbons (Fsp3) is 0.278. The Morgan fingerprint density at radius 2 is 1.77 bits per heavy atom. The van der Waals surface area contributed by atoms with Crippen molar-refractivity contribution in [2.24, 2.45) is 4.99 Å². The minimum Gasteiger partial charge on any atom is -0.366 e. The number of benzene rings is 2. The number of hydrogen-bond donors (Lipinski definition) is 0. The highest BCUT2D eigenvalue weighted by Crippen LogP contribution is 2.32. The van der Waals surface area contributed by atoms with Crippen molar-refractivity contribution in [2.45, 2.75) is 20.3 Å². The van der Waals surface area contributed by atoms with Gasteiger partial charge in [-0.05, 0) is 43.5 Å². The summed E-state index contributed by atoms with van der Waals surface area (Å²) in [5, 5.41) is 1.31. The third kappa shape index (κ3) is 4.49. The van der Waals surface area contributed by atoms with Crippen LogP contribution in [0.2, 0.25) is 10.0 Å². The van der Waals surface area contributed by atoms with Crippen LogP contribution in [0.25, 0.3) is 0 Å². The first kappa shape index (κ1) is 16.9. The van der Waals surface area contributed by atoms with Crippen LogP contribution in [0.15, 0.2) is 41.4 Å². The lowest BCUT2D eigenvalue weighted by molar-refractivity contribution is 0.552. The Bertz CT molecular complexity index is 664. The van der Waals surface area contributed by atoms with Gasteiger partial charge in [0.2, 0.25) is 0 Å². The van der Waals surface area contributed by atoms with E-state index in [1.165, 1.54) is 11.1 Å². The zero-order valence-electron chi connectivity index (χ0n) is 13.1. The quantitative estimate of drug-likeness (QED) is 0.520. The summed E-state index contributed by atoms with van der Waals surface area (Å²) in [5.74, 6) is 0. The van der Waals surface area contributed by atoms with Crippen LogP contribution < -0.4 is 0 Å².